The second kappa shape index (κ2) is 11.1. The number of para-hydroxylation sites is 2. The van der Waals surface area contributed by atoms with Crippen molar-refractivity contribution >= 4 is 27.7 Å². The molecule has 4 aromatic rings. The van der Waals surface area contributed by atoms with Gasteiger partial charge in [-0.3, -0.25) is 4.79 Å². The number of aromatic nitrogens is 2. The molecule has 0 spiro atoms. The number of benzene rings is 3. The molecule has 1 aromatic heterocycles. The van der Waals surface area contributed by atoms with Gasteiger partial charge in [0.25, 0.3) is 0 Å². The molecular formula is C29H35N3O. The number of carbonyl (C=O) groups excluding carboxylic acids is 1. The van der Waals surface area contributed by atoms with E-state index in [9.17, 15) is 4.79 Å². The Bertz CT molecular complexity index is 1200. The minimum atomic E-state index is 0.152. The molecule has 172 valence electrons. The second-order valence-corrected chi connectivity index (χ2v) is 8.86. The van der Waals surface area contributed by atoms with Gasteiger partial charge in [0.05, 0.1) is 11.0 Å². The summed E-state index contributed by atoms with van der Waals surface area (Å²) in [6.07, 6.45) is 5.93. The zero-order chi connectivity index (χ0) is 23.0. The maximum absolute atomic E-state index is 12.1. The van der Waals surface area contributed by atoms with E-state index < -0.39 is 0 Å². The molecule has 0 saturated carbocycles. The quantitative estimate of drug-likeness (QED) is 0.270. The fourth-order valence-electron chi connectivity index (χ4n) is 4.69. The Morgan fingerprint density at radius 1 is 0.909 bits per heavy atom. The van der Waals surface area contributed by atoms with Gasteiger partial charge in [-0.25, -0.2) is 4.98 Å². The lowest BCUT2D eigenvalue weighted by molar-refractivity contribution is -0.125. The van der Waals surface area contributed by atoms with Gasteiger partial charge in [-0.1, -0.05) is 74.9 Å². The van der Waals surface area contributed by atoms with Crippen LogP contribution in [0.2, 0.25) is 0 Å². The maximum Gasteiger partial charge on any atom is 0.223 e. The zero-order valence-corrected chi connectivity index (χ0v) is 19.9. The number of imidazole rings is 1. The predicted octanol–water partition coefficient (Wildman–Crippen LogP) is 6.50. The van der Waals surface area contributed by atoms with E-state index in [0.29, 0.717) is 0 Å². The summed E-state index contributed by atoms with van der Waals surface area (Å²) in [4.78, 5) is 17.1. The topological polar surface area (TPSA) is 46.9 Å². The van der Waals surface area contributed by atoms with Crippen LogP contribution in [0.3, 0.4) is 0 Å². The van der Waals surface area contributed by atoms with E-state index in [1.54, 1.807) is 0 Å². The Morgan fingerprint density at radius 2 is 1.67 bits per heavy atom. The summed E-state index contributed by atoms with van der Waals surface area (Å²) in [6.45, 7) is 5.75. The first-order valence-electron chi connectivity index (χ1n) is 12.4. The maximum atomic E-state index is 12.1. The molecule has 4 heteroatoms. The smallest absolute Gasteiger partial charge is 0.223 e. The van der Waals surface area contributed by atoms with Gasteiger partial charge in [-0.15, -0.1) is 0 Å². The Kier molecular flexibility index (Phi) is 7.77. The highest BCUT2D eigenvalue weighted by Crippen LogP contribution is 2.24. The highest BCUT2D eigenvalue weighted by atomic mass is 16.1. The fourth-order valence-corrected chi connectivity index (χ4v) is 4.69. The number of fused-ring (bicyclic) bond motifs is 2. The van der Waals surface area contributed by atoms with Crippen LogP contribution < -0.4 is 5.32 Å². The minimum Gasteiger partial charge on any atom is -0.356 e. The Balaban J connectivity index is 1.42. The van der Waals surface area contributed by atoms with E-state index in [2.05, 4.69) is 90.5 Å². The number of hydrogen-bond acceptors (Lipinski definition) is 2. The third-order valence-corrected chi connectivity index (χ3v) is 6.67. The lowest BCUT2D eigenvalue weighted by Crippen LogP contribution is -2.30. The van der Waals surface area contributed by atoms with E-state index in [1.807, 2.05) is 0 Å². The Labute approximate surface area is 197 Å². The van der Waals surface area contributed by atoms with Crippen LogP contribution in [0.4, 0.5) is 0 Å². The molecule has 33 heavy (non-hydrogen) atoms. The number of unbranched alkanes of at least 4 members (excludes halogenated alkanes) is 2. The SMILES string of the molecule is CCC(CC)C(=O)NCCCCCc1nc2ccccc2n1Cc1cccc2ccccc12. The van der Waals surface area contributed by atoms with Gasteiger partial charge < -0.3 is 9.88 Å². The van der Waals surface area contributed by atoms with Gasteiger partial charge >= 0.3 is 0 Å². The molecule has 4 nitrogen and oxygen atoms in total. The normalized spacial score (nSPS) is 11.5. The summed E-state index contributed by atoms with van der Waals surface area (Å²) in [5.74, 6) is 1.50. The van der Waals surface area contributed by atoms with Crippen LogP contribution in [0.15, 0.2) is 66.7 Å². The van der Waals surface area contributed by atoms with Gasteiger partial charge in [0.15, 0.2) is 0 Å². The Morgan fingerprint density at radius 3 is 2.52 bits per heavy atom. The number of hydrogen-bond donors (Lipinski definition) is 1. The van der Waals surface area contributed by atoms with Crippen molar-refractivity contribution in [2.45, 2.75) is 58.9 Å². The van der Waals surface area contributed by atoms with Gasteiger partial charge in [0.1, 0.15) is 5.82 Å². The first-order valence-corrected chi connectivity index (χ1v) is 12.4. The van der Waals surface area contributed by atoms with Gasteiger partial charge in [0, 0.05) is 25.4 Å². The van der Waals surface area contributed by atoms with Gasteiger partial charge in [-0.05, 0) is 54.2 Å². The van der Waals surface area contributed by atoms with Crippen LogP contribution in [-0.4, -0.2) is 22.0 Å². The van der Waals surface area contributed by atoms with Crippen molar-refractivity contribution in [3.8, 4) is 0 Å². The Hall–Kier alpha value is -3.14. The van der Waals surface area contributed by atoms with E-state index in [0.717, 1.165) is 63.0 Å². The molecule has 0 aliphatic carbocycles. The number of carbonyl (C=O) groups is 1. The highest BCUT2D eigenvalue weighted by molar-refractivity contribution is 5.86. The summed E-state index contributed by atoms with van der Waals surface area (Å²) < 4.78 is 2.38. The van der Waals surface area contributed by atoms with Crippen LogP contribution in [0, 0.1) is 5.92 Å². The average molecular weight is 442 g/mol. The van der Waals surface area contributed by atoms with Gasteiger partial charge in [-0.2, -0.15) is 0 Å². The molecule has 1 heterocycles. The van der Waals surface area contributed by atoms with Crippen LogP contribution >= 0.6 is 0 Å². The molecule has 0 fully saturated rings. The molecule has 0 atom stereocenters. The van der Waals surface area contributed by atoms with Crippen LogP contribution in [0.5, 0.6) is 0 Å². The summed E-state index contributed by atoms with van der Waals surface area (Å²) in [5, 5.41) is 5.68. The molecule has 0 bridgehead atoms. The summed E-state index contributed by atoms with van der Waals surface area (Å²) in [6, 6.07) is 23.6. The van der Waals surface area contributed by atoms with Crippen molar-refractivity contribution in [3.05, 3.63) is 78.1 Å². The largest absolute Gasteiger partial charge is 0.356 e. The van der Waals surface area contributed by atoms with Crippen molar-refractivity contribution in [2.75, 3.05) is 6.54 Å². The number of aryl methyl sites for hydroxylation is 1. The molecule has 4 rings (SSSR count). The molecule has 0 unspecified atom stereocenters. The summed E-state index contributed by atoms with van der Waals surface area (Å²) in [7, 11) is 0. The summed E-state index contributed by atoms with van der Waals surface area (Å²) in [5.41, 5.74) is 3.57. The number of nitrogens with one attached hydrogen (secondary N) is 1. The standard InChI is InChI=1S/C29H35N3O/c1-3-22(4-2)29(33)30-20-11-5-6-19-28-31-26-17-9-10-18-27(26)32(28)21-24-15-12-14-23-13-7-8-16-25(23)24/h7-10,12-18,22H,3-6,11,19-21H2,1-2H3,(H,30,33). The number of amides is 1. The van der Waals surface area contributed by atoms with Gasteiger partial charge in [0.2, 0.25) is 5.91 Å². The molecular weight excluding hydrogens is 406 g/mol. The summed E-state index contributed by atoms with van der Waals surface area (Å²) >= 11 is 0. The zero-order valence-electron chi connectivity index (χ0n) is 19.9. The predicted molar refractivity (Wildman–Crippen MR) is 137 cm³/mol. The third kappa shape index (κ3) is 5.44. The van der Waals surface area contributed by atoms with Crippen molar-refractivity contribution < 1.29 is 4.79 Å². The monoisotopic (exact) mass is 441 g/mol. The van der Waals surface area contributed by atoms with E-state index in [4.69, 9.17) is 4.98 Å². The molecule has 0 saturated heterocycles. The van der Waals surface area contributed by atoms with Crippen molar-refractivity contribution in [1.82, 2.24) is 14.9 Å². The first-order chi connectivity index (χ1) is 16.2. The van der Waals surface area contributed by atoms with Crippen LogP contribution in [0.1, 0.15) is 57.3 Å². The number of nitrogens with zero attached hydrogens (tertiary/aromatic N) is 2. The molecule has 0 radical (unpaired) electrons. The van der Waals surface area contributed by atoms with E-state index in [-0.39, 0.29) is 11.8 Å². The van der Waals surface area contributed by atoms with Crippen molar-refractivity contribution in [3.63, 3.8) is 0 Å². The molecule has 0 aliphatic rings. The van der Waals surface area contributed by atoms with Crippen LogP contribution in [0.25, 0.3) is 21.8 Å². The molecule has 1 amide bonds. The molecule has 3 aromatic carbocycles. The van der Waals surface area contributed by atoms with Crippen molar-refractivity contribution in [2.24, 2.45) is 5.92 Å². The average Bonchev–Trinajstić information content (AvgIpc) is 3.19. The van der Waals surface area contributed by atoms with E-state index >= 15 is 0 Å². The van der Waals surface area contributed by atoms with E-state index in [1.165, 1.54) is 21.9 Å². The molecule has 1 N–H and O–H groups in total. The lowest BCUT2D eigenvalue weighted by atomic mass is 10.0. The second-order valence-electron chi connectivity index (χ2n) is 8.86. The highest BCUT2D eigenvalue weighted by Gasteiger charge is 2.14. The number of rotatable bonds is 11. The minimum absolute atomic E-state index is 0.152. The third-order valence-electron chi connectivity index (χ3n) is 6.67. The molecule has 0 aliphatic heterocycles. The van der Waals surface area contributed by atoms with Crippen LogP contribution in [-0.2, 0) is 17.8 Å². The fraction of sp³-hybridized carbons (Fsp3) is 0.379. The van der Waals surface area contributed by atoms with Crippen molar-refractivity contribution in [1.29, 1.82) is 0 Å². The first kappa shape index (κ1) is 23.0. The lowest BCUT2D eigenvalue weighted by Gasteiger charge is -2.13.